The lowest BCUT2D eigenvalue weighted by molar-refractivity contribution is 0.0594. The molecule has 4 rings (SSSR count). The van der Waals surface area contributed by atoms with Crippen LogP contribution in [0.5, 0.6) is 0 Å². The summed E-state index contributed by atoms with van der Waals surface area (Å²) in [4.78, 5) is 24.3. The van der Waals surface area contributed by atoms with Gasteiger partial charge in [0.15, 0.2) is 11.5 Å². The first kappa shape index (κ1) is 16.0. The molecule has 0 saturated heterocycles. The molecule has 8 heteroatoms. The number of carbonyl (C=O) groups excluding carboxylic acids is 1. The number of thiazole rings is 1. The van der Waals surface area contributed by atoms with Gasteiger partial charge in [-0.3, -0.25) is 0 Å². The van der Waals surface area contributed by atoms with E-state index < -0.39 is 5.97 Å². The first-order chi connectivity index (χ1) is 12.1. The third-order valence-corrected chi connectivity index (χ3v) is 5.64. The molecule has 1 aliphatic carbocycles. The average molecular weight is 357 g/mol. The molecule has 0 spiro atoms. The topological polar surface area (TPSA) is 72.6 Å². The first-order valence-electron chi connectivity index (χ1n) is 8.20. The third kappa shape index (κ3) is 2.86. The number of rotatable bonds is 5. The lowest BCUT2D eigenvalue weighted by Gasteiger charge is -2.26. The summed E-state index contributed by atoms with van der Waals surface area (Å²) < 4.78 is 6.65. The van der Waals surface area contributed by atoms with Crippen LogP contribution in [0.4, 0.5) is 5.82 Å². The van der Waals surface area contributed by atoms with E-state index in [0.29, 0.717) is 17.8 Å². The Hall–Kier alpha value is -2.48. The minimum absolute atomic E-state index is 0.258. The van der Waals surface area contributed by atoms with Gasteiger partial charge in [-0.05, 0) is 25.7 Å². The molecule has 1 aliphatic rings. The highest BCUT2D eigenvalue weighted by Crippen LogP contribution is 2.36. The van der Waals surface area contributed by atoms with Crippen molar-refractivity contribution in [1.82, 2.24) is 19.6 Å². The van der Waals surface area contributed by atoms with Crippen LogP contribution in [-0.2, 0) is 4.74 Å². The summed E-state index contributed by atoms with van der Waals surface area (Å²) >= 11 is 1.56. The molecule has 3 aromatic heterocycles. The number of fused-ring (bicyclic) bond motifs is 1. The van der Waals surface area contributed by atoms with Gasteiger partial charge in [0, 0.05) is 30.7 Å². The molecule has 3 heterocycles. The minimum atomic E-state index is -0.466. The zero-order valence-electron chi connectivity index (χ0n) is 14.3. The summed E-state index contributed by atoms with van der Waals surface area (Å²) in [6, 6.07) is 2.06. The molecule has 3 aromatic rings. The fourth-order valence-electron chi connectivity index (χ4n) is 2.93. The van der Waals surface area contributed by atoms with Crippen molar-refractivity contribution in [3.8, 4) is 11.4 Å². The molecule has 1 saturated carbocycles. The second kappa shape index (κ2) is 6.11. The van der Waals surface area contributed by atoms with E-state index in [1.165, 1.54) is 20.0 Å². The number of carbonyl (C=O) groups is 1. The third-order valence-electron chi connectivity index (χ3n) is 4.76. The van der Waals surface area contributed by atoms with Gasteiger partial charge < -0.3 is 9.64 Å². The normalized spacial score (nSPS) is 15.3. The van der Waals surface area contributed by atoms with Gasteiger partial charge in [-0.15, -0.1) is 11.3 Å². The van der Waals surface area contributed by atoms with Crippen molar-refractivity contribution in [2.45, 2.75) is 25.8 Å². The van der Waals surface area contributed by atoms with E-state index in [0.717, 1.165) is 16.2 Å². The number of esters is 1. The smallest absolute Gasteiger partial charge is 0.356 e. The van der Waals surface area contributed by atoms with Crippen LogP contribution in [0.1, 0.15) is 30.3 Å². The maximum absolute atomic E-state index is 12.1. The standard InChI is InChI=1S/C17H19N5O2S/c1-10(11-4-5-11)21(2)14-8-13(17(23)24-3)19-15(20-14)12-9-18-22-6-7-25-16(12)22/h6-11H,4-5H2,1-3H3/t10-/m0/s1. The number of hydrogen-bond acceptors (Lipinski definition) is 7. The van der Waals surface area contributed by atoms with E-state index in [1.807, 2.05) is 18.6 Å². The van der Waals surface area contributed by atoms with Crippen LogP contribution < -0.4 is 4.90 Å². The lowest BCUT2D eigenvalue weighted by atomic mass is 10.2. The summed E-state index contributed by atoms with van der Waals surface area (Å²) in [5, 5.41) is 6.27. The molecular weight excluding hydrogens is 338 g/mol. The van der Waals surface area contributed by atoms with E-state index in [1.54, 1.807) is 28.1 Å². The summed E-state index contributed by atoms with van der Waals surface area (Å²) in [5.74, 6) is 1.43. The van der Waals surface area contributed by atoms with Gasteiger partial charge in [0.2, 0.25) is 0 Å². The highest BCUT2D eigenvalue weighted by atomic mass is 32.1. The second-order valence-corrected chi connectivity index (χ2v) is 7.22. The summed E-state index contributed by atoms with van der Waals surface area (Å²) in [7, 11) is 3.37. The molecule has 7 nitrogen and oxygen atoms in total. The largest absolute Gasteiger partial charge is 0.464 e. The Balaban J connectivity index is 1.81. The Labute approximate surface area is 149 Å². The van der Waals surface area contributed by atoms with Crippen molar-refractivity contribution in [2.24, 2.45) is 5.92 Å². The Kier molecular flexibility index (Phi) is 3.91. The second-order valence-electron chi connectivity index (χ2n) is 6.33. The van der Waals surface area contributed by atoms with Gasteiger partial charge in [-0.2, -0.15) is 5.10 Å². The molecule has 1 atom stereocenters. The minimum Gasteiger partial charge on any atom is -0.464 e. The number of anilines is 1. The molecule has 25 heavy (non-hydrogen) atoms. The maximum Gasteiger partial charge on any atom is 0.356 e. The molecule has 0 N–H and O–H groups in total. The van der Waals surface area contributed by atoms with Crippen molar-refractivity contribution < 1.29 is 9.53 Å². The van der Waals surface area contributed by atoms with Crippen molar-refractivity contribution in [1.29, 1.82) is 0 Å². The van der Waals surface area contributed by atoms with Crippen LogP contribution in [0.15, 0.2) is 23.8 Å². The molecule has 0 unspecified atom stereocenters. The molecule has 0 bridgehead atoms. The fraction of sp³-hybridized carbons (Fsp3) is 0.412. The molecule has 1 fully saturated rings. The van der Waals surface area contributed by atoms with Crippen LogP contribution in [-0.4, -0.2) is 45.8 Å². The molecule has 130 valence electrons. The van der Waals surface area contributed by atoms with E-state index in [4.69, 9.17) is 9.72 Å². The molecule has 0 amide bonds. The highest BCUT2D eigenvalue weighted by Gasteiger charge is 2.31. The van der Waals surface area contributed by atoms with E-state index in [-0.39, 0.29) is 5.69 Å². The number of nitrogens with zero attached hydrogens (tertiary/aromatic N) is 5. The van der Waals surface area contributed by atoms with Crippen LogP contribution >= 0.6 is 11.3 Å². The van der Waals surface area contributed by atoms with Gasteiger partial charge in [0.05, 0.1) is 18.9 Å². The van der Waals surface area contributed by atoms with Crippen LogP contribution in [0, 0.1) is 5.92 Å². The first-order valence-corrected chi connectivity index (χ1v) is 9.08. The number of ether oxygens (including phenoxy) is 1. The van der Waals surface area contributed by atoms with Gasteiger partial charge >= 0.3 is 5.97 Å². The van der Waals surface area contributed by atoms with Gasteiger partial charge in [0.1, 0.15) is 10.6 Å². The van der Waals surface area contributed by atoms with Gasteiger partial charge in [-0.1, -0.05) is 0 Å². The van der Waals surface area contributed by atoms with Gasteiger partial charge in [0.25, 0.3) is 0 Å². The predicted octanol–water partition coefficient (Wildman–Crippen LogP) is 2.87. The zero-order valence-corrected chi connectivity index (χ0v) is 15.2. The zero-order chi connectivity index (χ0) is 17.6. The highest BCUT2D eigenvalue weighted by molar-refractivity contribution is 7.16. The monoisotopic (exact) mass is 357 g/mol. The van der Waals surface area contributed by atoms with Crippen molar-refractivity contribution in [3.63, 3.8) is 0 Å². The van der Waals surface area contributed by atoms with Gasteiger partial charge in [-0.25, -0.2) is 19.3 Å². The fourth-order valence-corrected chi connectivity index (χ4v) is 3.72. The van der Waals surface area contributed by atoms with E-state index in [9.17, 15) is 4.79 Å². The number of aromatic nitrogens is 4. The summed E-state index contributed by atoms with van der Waals surface area (Å²) in [5.41, 5.74) is 1.07. The number of hydrogen-bond donors (Lipinski definition) is 0. The van der Waals surface area contributed by atoms with E-state index in [2.05, 4.69) is 21.9 Å². The Morgan fingerprint density at radius 1 is 1.44 bits per heavy atom. The quantitative estimate of drug-likeness (QED) is 0.654. The van der Waals surface area contributed by atoms with Crippen molar-refractivity contribution in [3.05, 3.63) is 29.5 Å². The summed E-state index contributed by atoms with van der Waals surface area (Å²) in [6.45, 7) is 2.19. The van der Waals surface area contributed by atoms with Crippen LogP contribution in [0.25, 0.3) is 16.2 Å². The van der Waals surface area contributed by atoms with Crippen molar-refractivity contribution in [2.75, 3.05) is 19.1 Å². The van der Waals surface area contributed by atoms with Crippen LogP contribution in [0.2, 0.25) is 0 Å². The van der Waals surface area contributed by atoms with E-state index >= 15 is 0 Å². The Morgan fingerprint density at radius 3 is 2.96 bits per heavy atom. The number of methoxy groups -OCH3 is 1. The van der Waals surface area contributed by atoms with Crippen LogP contribution in [0.3, 0.4) is 0 Å². The predicted molar refractivity (Wildman–Crippen MR) is 96.0 cm³/mol. The lowest BCUT2D eigenvalue weighted by Crippen LogP contribution is -2.31. The SMILES string of the molecule is COC(=O)c1cc(N(C)[C@@H](C)C2CC2)nc(-c2cnn3ccsc23)n1. The molecule has 0 radical (unpaired) electrons. The Bertz CT molecular complexity index is 930. The summed E-state index contributed by atoms with van der Waals surface area (Å²) in [6.07, 6.45) is 6.10. The average Bonchev–Trinajstić information content (AvgIpc) is 3.25. The Morgan fingerprint density at radius 2 is 2.24 bits per heavy atom. The molecule has 0 aliphatic heterocycles. The van der Waals surface area contributed by atoms with Crippen molar-refractivity contribution >= 4 is 28.0 Å². The molecule has 0 aromatic carbocycles. The molecular formula is C17H19N5O2S. The maximum atomic E-state index is 12.1.